The molecule has 0 aliphatic heterocycles. The van der Waals surface area contributed by atoms with E-state index in [4.69, 9.17) is 4.74 Å². The molecule has 0 N–H and O–H groups in total. The van der Waals surface area contributed by atoms with E-state index in [1.54, 1.807) is 0 Å². The fraction of sp³-hybridized carbons (Fsp3) is 0.733. The van der Waals surface area contributed by atoms with Crippen molar-refractivity contribution < 1.29 is 14.3 Å². The van der Waals surface area contributed by atoms with Crippen LogP contribution in [0.5, 0.6) is 0 Å². The Morgan fingerprint density at radius 1 is 1.39 bits per heavy atom. The van der Waals surface area contributed by atoms with Gasteiger partial charge in [0.1, 0.15) is 11.7 Å². The lowest BCUT2D eigenvalue weighted by atomic mass is 9.85. The molecule has 0 spiro atoms. The third-order valence-corrected chi connectivity index (χ3v) is 4.04. The minimum absolute atomic E-state index is 0.0366. The van der Waals surface area contributed by atoms with Crippen LogP contribution in [0.4, 0.5) is 0 Å². The molecular formula is C15H24O3. The van der Waals surface area contributed by atoms with Crippen molar-refractivity contribution in [2.24, 2.45) is 11.8 Å². The second-order valence-electron chi connectivity index (χ2n) is 5.18. The summed E-state index contributed by atoms with van der Waals surface area (Å²) in [5.41, 5.74) is 2.54. The molecule has 0 aromatic carbocycles. The van der Waals surface area contributed by atoms with E-state index in [2.05, 4.69) is 20.8 Å². The maximum Gasteiger partial charge on any atom is 0.316 e. The summed E-state index contributed by atoms with van der Waals surface area (Å²) < 4.78 is 4.76. The van der Waals surface area contributed by atoms with Crippen molar-refractivity contribution in [3.8, 4) is 0 Å². The van der Waals surface area contributed by atoms with Gasteiger partial charge in [-0.25, -0.2) is 0 Å². The summed E-state index contributed by atoms with van der Waals surface area (Å²) in [4.78, 5) is 23.5. The average Bonchev–Trinajstić information content (AvgIpc) is 2.75. The molecule has 0 amide bonds. The van der Waals surface area contributed by atoms with E-state index in [-0.39, 0.29) is 17.7 Å². The molecule has 0 bridgehead atoms. The van der Waals surface area contributed by atoms with Gasteiger partial charge < -0.3 is 4.74 Å². The highest BCUT2D eigenvalue weighted by Crippen LogP contribution is 2.37. The van der Waals surface area contributed by atoms with E-state index >= 15 is 0 Å². The van der Waals surface area contributed by atoms with Gasteiger partial charge in [0.25, 0.3) is 0 Å². The molecule has 2 atom stereocenters. The maximum atomic E-state index is 11.8. The van der Waals surface area contributed by atoms with Crippen LogP contribution < -0.4 is 0 Å². The first kappa shape index (κ1) is 14.9. The topological polar surface area (TPSA) is 43.4 Å². The zero-order valence-electron chi connectivity index (χ0n) is 11.9. The van der Waals surface area contributed by atoms with Crippen molar-refractivity contribution in [2.75, 3.05) is 7.11 Å². The Morgan fingerprint density at radius 2 is 2.06 bits per heavy atom. The van der Waals surface area contributed by atoms with Crippen LogP contribution >= 0.6 is 0 Å². The van der Waals surface area contributed by atoms with Crippen molar-refractivity contribution >= 4 is 11.8 Å². The molecule has 1 rings (SSSR count). The lowest BCUT2D eigenvalue weighted by molar-refractivity contribution is -0.149. The molecule has 2 unspecified atom stereocenters. The predicted octanol–water partition coefficient (Wildman–Crippen LogP) is 3.28. The summed E-state index contributed by atoms with van der Waals surface area (Å²) in [7, 11) is 1.36. The molecule has 1 aliphatic rings. The molecule has 0 saturated heterocycles. The number of methoxy groups -OCH3 is 1. The molecule has 1 saturated carbocycles. The Labute approximate surface area is 110 Å². The second kappa shape index (κ2) is 6.72. The number of esters is 1. The van der Waals surface area contributed by atoms with Crippen LogP contribution in [-0.2, 0) is 14.3 Å². The van der Waals surface area contributed by atoms with Crippen molar-refractivity contribution in [1.29, 1.82) is 0 Å². The normalized spacial score (nSPS) is 25.0. The zero-order chi connectivity index (χ0) is 13.7. The lowest BCUT2D eigenvalue weighted by Crippen LogP contribution is -2.27. The molecule has 1 aliphatic carbocycles. The first-order valence-corrected chi connectivity index (χ1v) is 6.79. The van der Waals surface area contributed by atoms with E-state index in [9.17, 15) is 9.59 Å². The van der Waals surface area contributed by atoms with Crippen LogP contribution in [0.25, 0.3) is 0 Å². The molecule has 102 valence electrons. The Hall–Kier alpha value is -1.12. The van der Waals surface area contributed by atoms with E-state index < -0.39 is 5.92 Å². The van der Waals surface area contributed by atoms with Gasteiger partial charge in [0.2, 0.25) is 0 Å². The van der Waals surface area contributed by atoms with E-state index in [1.165, 1.54) is 18.3 Å². The van der Waals surface area contributed by atoms with Crippen molar-refractivity contribution in [2.45, 2.75) is 52.9 Å². The fourth-order valence-corrected chi connectivity index (χ4v) is 2.69. The van der Waals surface area contributed by atoms with Crippen molar-refractivity contribution in [1.82, 2.24) is 0 Å². The van der Waals surface area contributed by atoms with E-state index in [0.717, 1.165) is 25.7 Å². The van der Waals surface area contributed by atoms with Gasteiger partial charge in [-0.2, -0.15) is 0 Å². The molecular weight excluding hydrogens is 228 g/mol. The number of unbranched alkanes of at least 4 members (excludes halogenated alkanes) is 1. The van der Waals surface area contributed by atoms with E-state index in [0.29, 0.717) is 6.42 Å². The van der Waals surface area contributed by atoms with Crippen molar-refractivity contribution in [3.63, 3.8) is 0 Å². The number of allylic oxidation sites excluding steroid dienone is 2. The summed E-state index contributed by atoms with van der Waals surface area (Å²) in [6.45, 7) is 6.34. The summed E-state index contributed by atoms with van der Waals surface area (Å²) in [6.07, 6.45) is 4.67. The van der Waals surface area contributed by atoms with Crippen LogP contribution in [-0.4, -0.2) is 18.9 Å². The fourth-order valence-electron chi connectivity index (χ4n) is 2.69. The van der Waals surface area contributed by atoms with Gasteiger partial charge in [-0.15, -0.1) is 0 Å². The molecule has 0 aromatic heterocycles. The van der Waals surface area contributed by atoms with Gasteiger partial charge in [0.05, 0.1) is 7.11 Å². The maximum absolute atomic E-state index is 11.8. The monoisotopic (exact) mass is 252 g/mol. The van der Waals surface area contributed by atoms with Gasteiger partial charge in [0.15, 0.2) is 0 Å². The number of rotatable bonds is 5. The van der Waals surface area contributed by atoms with Crippen LogP contribution in [0.3, 0.4) is 0 Å². The van der Waals surface area contributed by atoms with Crippen LogP contribution in [0.2, 0.25) is 0 Å². The SMILES string of the molecule is CCCC/C(C)=C(\C)C1CCC(=O)C1C(=O)OC. The molecule has 1 fully saturated rings. The first-order valence-electron chi connectivity index (χ1n) is 6.79. The summed E-state index contributed by atoms with van der Waals surface area (Å²) >= 11 is 0. The Morgan fingerprint density at radius 3 is 2.61 bits per heavy atom. The number of hydrogen-bond acceptors (Lipinski definition) is 3. The van der Waals surface area contributed by atoms with Gasteiger partial charge in [-0.05, 0) is 33.1 Å². The largest absolute Gasteiger partial charge is 0.468 e. The average molecular weight is 252 g/mol. The molecule has 0 radical (unpaired) electrons. The van der Waals surface area contributed by atoms with Crippen LogP contribution in [0.1, 0.15) is 52.9 Å². The minimum Gasteiger partial charge on any atom is -0.468 e. The number of carbonyl (C=O) groups is 2. The van der Waals surface area contributed by atoms with Gasteiger partial charge in [-0.1, -0.05) is 24.5 Å². The lowest BCUT2D eigenvalue weighted by Gasteiger charge is -2.19. The third kappa shape index (κ3) is 3.21. The smallest absolute Gasteiger partial charge is 0.316 e. The molecule has 0 aromatic rings. The standard InChI is InChI=1S/C15H24O3/c1-5-6-7-10(2)11(3)12-8-9-13(16)14(12)15(17)18-4/h12,14H,5-9H2,1-4H3/b11-10+. The van der Waals surface area contributed by atoms with E-state index in [1.807, 2.05) is 0 Å². The molecule has 3 heteroatoms. The number of ether oxygens (including phenoxy) is 1. The van der Waals surface area contributed by atoms with Crippen LogP contribution in [0, 0.1) is 11.8 Å². The first-order chi connectivity index (χ1) is 8.52. The van der Waals surface area contributed by atoms with Crippen molar-refractivity contribution in [3.05, 3.63) is 11.1 Å². The minimum atomic E-state index is -0.563. The van der Waals surface area contributed by atoms with Gasteiger partial charge >= 0.3 is 5.97 Å². The second-order valence-corrected chi connectivity index (χ2v) is 5.18. The van der Waals surface area contributed by atoms with Gasteiger partial charge in [-0.3, -0.25) is 9.59 Å². The highest BCUT2D eigenvalue weighted by Gasteiger charge is 2.41. The Balaban J connectivity index is 2.86. The number of Topliss-reactive ketones (excluding diaryl/α,β-unsaturated/α-hetero) is 1. The predicted molar refractivity (Wildman–Crippen MR) is 71.1 cm³/mol. The number of ketones is 1. The number of hydrogen-bond donors (Lipinski definition) is 0. The zero-order valence-corrected chi connectivity index (χ0v) is 11.9. The Kier molecular flexibility index (Phi) is 5.57. The molecule has 3 nitrogen and oxygen atoms in total. The quantitative estimate of drug-likeness (QED) is 0.428. The highest BCUT2D eigenvalue weighted by atomic mass is 16.5. The molecule has 18 heavy (non-hydrogen) atoms. The summed E-state index contributed by atoms with van der Waals surface area (Å²) in [5.74, 6) is -0.840. The summed E-state index contributed by atoms with van der Waals surface area (Å²) in [5, 5.41) is 0. The molecule has 0 heterocycles. The Bertz CT molecular complexity index is 355. The third-order valence-electron chi connectivity index (χ3n) is 4.04. The summed E-state index contributed by atoms with van der Waals surface area (Å²) in [6, 6.07) is 0. The highest BCUT2D eigenvalue weighted by molar-refractivity contribution is 6.01. The number of carbonyl (C=O) groups excluding carboxylic acids is 2. The van der Waals surface area contributed by atoms with Crippen LogP contribution in [0.15, 0.2) is 11.1 Å². The van der Waals surface area contributed by atoms with Gasteiger partial charge in [0, 0.05) is 12.3 Å².